The molecular formula is C17H16FNOS. The quantitative estimate of drug-likeness (QED) is 0.757. The lowest BCUT2D eigenvalue weighted by Gasteiger charge is -2.12. The van der Waals surface area contributed by atoms with E-state index in [-0.39, 0.29) is 5.82 Å². The first-order valence-corrected chi connectivity index (χ1v) is 7.67. The topological polar surface area (TPSA) is 21.3 Å². The maximum Gasteiger partial charge on any atom is 0.165 e. The molecule has 2 aromatic carbocycles. The molecule has 0 atom stereocenters. The van der Waals surface area contributed by atoms with Crippen molar-refractivity contribution in [1.29, 1.82) is 0 Å². The van der Waals surface area contributed by atoms with Crippen LogP contribution in [0.5, 0.6) is 5.75 Å². The van der Waals surface area contributed by atoms with Gasteiger partial charge in [0.2, 0.25) is 0 Å². The second kappa shape index (κ2) is 6.24. The Labute approximate surface area is 127 Å². The standard InChI is InChI=1S/C17H16FNOS/c1-19-9-12-5-4-7-15(18)17(12)20-10-13-11-21-16-8-3-2-6-14(13)16/h2-8,11,19H,9-10H2,1H3. The number of benzene rings is 2. The monoisotopic (exact) mass is 301 g/mol. The molecule has 0 saturated heterocycles. The number of rotatable bonds is 5. The molecule has 0 aliphatic carbocycles. The lowest BCUT2D eigenvalue weighted by molar-refractivity contribution is 0.288. The first kappa shape index (κ1) is 14.0. The zero-order chi connectivity index (χ0) is 14.7. The molecule has 108 valence electrons. The Balaban J connectivity index is 1.85. The van der Waals surface area contributed by atoms with E-state index >= 15 is 0 Å². The average molecular weight is 301 g/mol. The molecule has 3 aromatic rings. The van der Waals surface area contributed by atoms with Gasteiger partial charge in [0.15, 0.2) is 11.6 Å². The summed E-state index contributed by atoms with van der Waals surface area (Å²) in [5, 5.41) is 6.28. The van der Waals surface area contributed by atoms with Crippen molar-refractivity contribution in [2.45, 2.75) is 13.2 Å². The summed E-state index contributed by atoms with van der Waals surface area (Å²) in [5.74, 6) is 0.0180. The van der Waals surface area contributed by atoms with E-state index in [0.29, 0.717) is 18.9 Å². The van der Waals surface area contributed by atoms with Gasteiger partial charge in [-0.3, -0.25) is 0 Å². The Bertz CT molecular complexity index is 753. The number of thiophene rings is 1. The van der Waals surface area contributed by atoms with E-state index in [1.54, 1.807) is 17.4 Å². The molecule has 0 saturated carbocycles. The first-order valence-electron chi connectivity index (χ1n) is 6.79. The lowest BCUT2D eigenvalue weighted by Crippen LogP contribution is -2.08. The highest BCUT2D eigenvalue weighted by atomic mass is 32.1. The minimum Gasteiger partial charge on any atom is -0.485 e. The third-order valence-electron chi connectivity index (χ3n) is 3.35. The van der Waals surface area contributed by atoms with Crippen molar-refractivity contribution in [1.82, 2.24) is 5.32 Å². The van der Waals surface area contributed by atoms with E-state index < -0.39 is 0 Å². The Hall–Kier alpha value is -1.91. The molecule has 1 heterocycles. The molecule has 4 heteroatoms. The normalized spacial score (nSPS) is 11.0. The molecule has 21 heavy (non-hydrogen) atoms. The molecule has 0 aliphatic heterocycles. The van der Waals surface area contributed by atoms with E-state index in [9.17, 15) is 4.39 Å². The van der Waals surface area contributed by atoms with E-state index in [2.05, 4.69) is 22.8 Å². The van der Waals surface area contributed by atoms with Crippen LogP contribution in [-0.4, -0.2) is 7.05 Å². The van der Waals surface area contributed by atoms with Crippen molar-refractivity contribution in [2.75, 3.05) is 7.05 Å². The van der Waals surface area contributed by atoms with Gasteiger partial charge in [-0.25, -0.2) is 4.39 Å². The summed E-state index contributed by atoms with van der Waals surface area (Å²) < 4.78 is 21.0. The number of fused-ring (bicyclic) bond motifs is 1. The summed E-state index contributed by atoms with van der Waals surface area (Å²) in [5.41, 5.74) is 1.92. The predicted octanol–water partition coefficient (Wildman–Crippen LogP) is 4.34. The fourth-order valence-electron chi connectivity index (χ4n) is 2.34. The van der Waals surface area contributed by atoms with Crippen LogP contribution in [0.25, 0.3) is 10.1 Å². The van der Waals surface area contributed by atoms with Crippen molar-refractivity contribution in [3.8, 4) is 5.75 Å². The average Bonchev–Trinajstić information content (AvgIpc) is 2.90. The van der Waals surface area contributed by atoms with Crippen LogP contribution in [0.1, 0.15) is 11.1 Å². The summed E-state index contributed by atoms with van der Waals surface area (Å²) in [6.07, 6.45) is 0. The fourth-order valence-corrected chi connectivity index (χ4v) is 3.29. The Morgan fingerprint density at radius 1 is 1.10 bits per heavy atom. The third kappa shape index (κ3) is 2.91. The minimum absolute atomic E-state index is 0.317. The van der Waals surface area contributed by atoms with E-state index in [1.807, 2.05) is 25.2 Å². The molecule has 0 spiro atoms. The molecule has 1 aromatic heterocycles. The van der Waals surface area contributed by atoms with Crippen LogP contribution in [-0.2, 0) is 13.2 Å². The van der Waals surface area contributed by atoms with Crippen LogP contribution < -0.4 is 10.1 Å². The van der Waals surface area contributed by atoms with Crippen molar-refractivity contribution in [2.24, 2.45) is 0 Å². The molecule has 0 bridgehead atoms. The molecule has 0 aliphatic rings. The van der Waals surface area contributed by atoms with Crippen LogP contribution >= 0.6 is 11.3 Å². The van der Waals surface area contributed by atoms with E-state index in [4.69, 9.17) is 4.74 Å². The van der Waals surface area contributed by atoms with Crippen LogP contribution in [0.3, 0.4) is 0 Å². The second-order valence-corrected chi connectivity index (χ2v) is 5.72. The number of hydrogen-bond acceptors (Lipinski definition) is 3. The number of para-hydroxylation sites is 1. The van der Waals surface area contributed by atoms with Gasteiger partial charge >= 0.3 is 0 Å². The third-order valence-corrected chi connectivity index (χ3v) is 4.36. The van der Waals surface area contributed by atoms with Gasteiger partial charge in [0, 0.05) is 22.4 Å². The van der Waals surface area contributed by atoms with E-state index in [1.165, 1.54) is 16.2 Å². The molecule has 2 nitrogen and oxygen atoms in total. The highest BCUT2D eigenvalue weighted by molar-refractivity contribution is 7.17. The van der Waals surface area contributed by atoms with Crippen molar-refractivity contribution >= 4 is 21.4 Å². The predicted molar refractivity (Wildman–Crippen MR) is 85.3 cm³/mol. The van der Waals surface area contributed by atoms with Crippen LogP contribution in [0.2, 0.25) is 0 Å². The number of hydrogen-bond donors (Lipinski definition) is 1. The SMILES string of the molecule is CNCc1cccc(F)c1OCc1csc2ccccc12. The van der Waals surface area contributed by atoms with Crippen molar-refractivity contribution < 1.29 is 9.13 Å². The van der Waals surface area contributed by atoms with Gasteiger partial charge in [-0.1, -0.05) is 30.3 Å². The number of nitrogens with one attached hydrogen (secondary N) is 1. The maximum atomic E-state index is 14.0. The summed E-state index contributed by atoms with van der Waals surface area (Å²) in [7, 11) is 1.83. The zero-order valence-electron chi connectivity index (χ0n) is 11.7. The van der Waals surface area contributed by atoms with Gasteiger partial charge in [-0.15, -0.1) is 11.3 Å². The van der Waals surface area contributed by atoms with Crippen LogP contribution in [0.4, 0.5) is 4.39 Å². The summed E-state index contributed by atoms with van der Waals surface area (Å²) >= 11 is 1.68. The largest absolute Gasteiger partial charge is 0.485 e. The van der Waals surface area contributed by atoms with Crippen LogP contribution in [0, 0.1) is 5.82 Å². The summed E-state index contributed by atoms with van der Waals surface area (Å²) in [4.78, 5) is 0. The van der Waals surface area contributed by atoms with Gasteiger partial charge in [-0.2, -0.15) is 0 Å². The molecule has 0 amide bonds. The van der Waals surface area contributed by atoms with Gasteiger partial charge in [0.1, 0.15) is 6.61 Å². The summed E-state index contributed by atoms with van der Waals surface area (Å²) in [6, 6.07) is 13.2. The number of ether oxygens (including phenoxy) is 1. The molecule has 1 N–H and O–H groups in total. The fraction of sp³-hybridized carbons (Fsp3) is 0.176. The van der Waals surface area contributed by atoms with E-state index in [0.717, 1.165) is 11.1 Å². The smallest absolute Gasteiger partial charge is 0.165 e. The molecular weight excluding hydrogens is 285 g/mol. The van der Waals surface area contributed by atoms with Gasteiger partial charge < -0.3 is 10.1 Å². The first-order chi connectivity index (χ1) is 10.3. The van der Waals surface area contributed by atoms with Crippen molar-refractivity contribution in [3.63, 3.8) is 0 Å². The molecule has 0 fully saturated rings. The van der Waals surface area contributed by atoms with Gasteiger partial charge in [0.05, 0.1) is 0 Å². The lowest BCUT2D eigenvalue weighted by atomic mass is 10.1. The minimum atomic E-state index is -0.317. The Kier molecular flexibility index (Phi) is 4.18. The Morgan fingerprint density at radius 2 is 1.95 bits per heavy atom. The highest BCUT2D eigenvalue weighted by Crippen LogP contribution is 2.28. The number of halogens is 1. The molecule has 3 rings (SSSR count). The zero-order valence-corrected chi connectivity index (χ0v) is 12.5. The second-order valence-electron chi connectivity index (χ2n) is 4.80. The van der Waals surface area contributed by atoms with Crippen LogP contribution in [0.15, 0.2) is 47.8 Å². The molecule has 0 radical (unpaired) electrons. The highest BCUT2D eigenvalue weighted by Gasteiger charge is 2.11. The van der Waals surface area contributed by atoms with Crippen molar-refractivity contribution in [3.05, 3.63) is 64.8 Å². The Morgan fingerprint density at radius 3 is 2.81 bits per heavy atom. The van der Waals surface area contributed by atoms with Gasteiger partial charge in [-0.05, 0) is 29.9 Å². The summed E-state index contributed by atoms with van der Waals surface area (Å²) in [6.45, 7) is 0.957. The van der Waals surface area contributed by atoms with Gasteiger partial charge in [0.25, 0.3) is 0 Å². The molecule has 0 unspecified atom stereocenters. The maximum absolute atomic E-state index is 14.0.